The average molecular weight is 245 g/mol. The van der Waals surface area contributed by atoms with Gasteiger partial charge >= 0.3 is 0 Å². The zero-order valence-electron chi connectivity index (χ0n) is 10.2. The van der Waals surface area contributed by atoms with Gasteiger partial charge < -0.3 is 10.5 Å². The van der Waals surface area contributed by atoms with E-state index in [0.717, 1.165) is 11.3 Å². The molecule has 0 spiro atoms. The van der Waals surface area contributed by atoms with Crippen LogP contribution in [0.2, 0.25) is 0 Å². The summed E-state index contributed by atoms with van der Waals surface area (Å²) in [6.45, 7) is 1.87. The molecule has 0 aliphatic heterocycles. The number of rotatable bonds is 4. The first kappa shape index (κ1) is 12.6. The number of ether oxygens (including phenoxy) is 1. The van der Waals surface area contributed by atoms with Gasteiger partial charge in [0.25, 0.3) is 0 Å². The number of benzene rings is 2. The molecule has 2 atom stereocenters. The van der Waals surface area contributed by atoms with E-state index in [4.69, 9.17) is 10.5 Å². The van der Waals surface area contributed by atoms with Crippen LogP contribution in [0.1, 0.15) is 18.6 Å². The fraction of sp³-hybridized carbons (Fsp3) is 0.200. The maximum atomic E-state index is 12.9. The highest BCUT2D eigenvalue weighted by atomic mass is 19.1. The molecule has 0 aliphatic rings. The lowest BCUT2D eigenvalue weighted by Gasteiger charge is -2.23. The monoisotopic (exact) mass is 245 g/mol. The molecule has 0 saturated carbocycles. The average Bonchev–Trinajstić information content (AvgIpc) is 2.38. The normalized spacial score (nSPS) is 13.9. The topological polar surface area (TPSA) is 35.2 Å². The highest BCUT2D eigenvalue weighted by Crippen LogP contribution is 2.24. The SMILES string of the molecule is CC(N)C(Oc1ccccc1)c1ccc(F)cc1. The van der Waals surface area contributed by atoms with Crippen LogP contribution < -0.4 is 10.5 Å². The molecule has 0 bridgehead atoms. The molecule has 0 fully saturated rings. The van der Waals surface area contributed by atoms with Crippen molar-refractivity contribution in [2.24, 2.45) is 5.73 Å². The van der Waals surface area contributed by atoms with Gasteiger partial charge in [-0.1, -0.05) is 30.3 Å². The summed E-state index contributed by atoms with van der Waals surface area (Å²) in [5.74, 6) is 0.492. The van der Waals surface area contributed by atoms with Crippen molar-refractivity contribution in [2.75, 3.05) is 0 Å². The van der Waals surface area contributed by atoms with Gasteiger partial charge in [0, 0.05) is 6.04 Å². The zero-order chi connectivity index (χ0) is 13.0. The summed E-state index contributed by atoms with van der Waals surface area (Å²) < 4.78 is 18.8. The third kappa shape index (κ3) is 3.08. The van der Waals surface area contributed by atoms with Crippen LogP contribution in [-0.2, 0) is 0 Å². The molecule has 2 aromatic rings. The molecule has 0 aromatic heterocycles. The lowest BCUT2D eigenvalue weighted by atomic mass is 10.0. The Morgan fingerprint density at radius 2 is 1.61 bits per heavy atom. The molecule has 2 nitrogen and oxygen atoms in total. The fourth-order valence-electron chi connectivity index (χ4n) is 1.78. The molecule has 2 unspecified atom stereocenters. The summed E-state index contributed by atoms with van der Waals surface area (Å²) in [4.78, 5) is 0. The molecular formula is C15H16FNO. The van der Waals surface area contributed by atoms with Crippen LogP contribution in [0.3, 0.4) is 0 Å². The van der Waals surface area contributed by atoms with Crippen LogP contribution in [-0.4, -0.2) is 6.04 Å². The number of nitrogens with two attached hydrogens (primary N) is 1. The second kappa shape index (κ2) is 5.65. The van der Waals surface area contributed by atoms with Gasteiger partial charge in [-0.15, -0.1) is 0 Å². The molecule has 2 N–H and O–H groups in total. The van der Waals surface area contributed by atoms with E-state index in [1.54, 1.807) is 12.1 Å². The van der Waals surface area contributed by atoms with Crippen molar-refractivity contribution in [3.63, 3.8) is 0 Å². The minimum atomic E-state index is -0.284. The summed E-state index contributed by atoms with van der Waals surface area (Å²) >= 11 is 0. The Hall–Kier alpha value is -1.87. The van der Waals surface area contributed by atoms with Gasteiger partial charge in [-0.2, -0.15) is 0 Å². The Bertz CT molecular complexity index is 482. The maximum absolute atomic E-state index is 12.9. The highest BCUT2D eigenvalue weighted by Gasteiger charge is 2.18. The molecule has 0 radical (unpaired) electrons. The molecular weight excluding hydrogens is 229 g/mol. The predicted octanol–water partition coefficient (Wildman–Crippen LogP) is 3.29. The molecule has 0 saturated heterocycles. The van der Waals surface area contributed by atoms with E-state index >= 15 is 0 Å². The van der Waals surface area contributed by atoms with Crippen LogP contribution in [0, 0.1) is 5.82 Å². The molecule has 94 valence electrons. The van der Waals surface area contributed by atoms with E-state index in [0.29, 0.717) is 0 Å². The van der Waals surface area contributed by atoms with Crippen molar-refractivity contribution in [3.05, 3.63) is 66.0 Å². The van der Waals surface area contributed by atoms with Crippen LogP contribution in [0.4, 0.5) is 4.39 Å². The number of para-hydroxylation sites is 1. The Labute approximate surface area is 106 Å². The molecule has 2 rings (SSSR count). The van der Waals surface area contributed by atoms with Crippen molar-refractivity contribution >= 4 is 0 Å². The number of hydrogen-bond donors (Lipinski definition) is 1. The van der Waals surface area contributed by atoms with E-state index in [2.05, 4.69) is 0 Å². The van der Waals surface area contributed by atoms with Crippen molar-refractivity contribution in [2.45, 2.75) is 19.1 Å². The van der Waals surface area contributed by atoms with Gasteiger partial charge in [0.15, 0.2) is 0 Å². The molecule has 0 heterocycles. The van der Waals surface area contributed by atoms with Gasteiger partial charge in [0.2, 0.25) is 0 Å². The second-order valence-corrected chi connectivity index (χ2v) is 4.26. The minimum absolute atomic E-state index is 0.185. The maximum Gasteiger partial charge on any atom is 0.138 e. The van der Waals surface area contributed by atoms with E-state index in [1.165, 1.54) is 12.1 Å². The molecule has 2 aromatic carbocycles. The highest BCUT2D eigenvalue weighted by molar-refractivity contribution is 5.25. The van der Waals surface area contributed by atoms with Gasteiger partial charge in [-0.05, 0) is 36.8 Å². The lowest BCUT2D eigenvalue weighted by molar-refractivity contribution is 0.180. The minimum Gasteiger partial charge on any atom is -0.484 e. The van der Waals surface area contributed by atoms with Crippen LogP contribution in [0.25, 0.3) is 0 Å². The van der Waals surface area contributed by atoms with Gasteiger partial charge in [0.05, 0.1) is 0 Å². The third-order valence-electron chi connectivity index (χ3n) is 2.68. The first-order chi connectivity index (χ1) is 8.66. The Morgan fingerprint density at radius 3 is 2.17 bits per heavy atom. The Morgan fingerprint density at radius 1 is 1.00 bits per heavy atom. The van der Waals surface area contributed by atoms with Crippen LogP contribution in [0.5, 0.6) is 5.75 Å². The standard InChI is InChI=1S/C15H16FNO/c1-11(17)15(12-7-9-13(16)10-8-12)18-14-5-3-2-4-6-14/h2-11,15H,17H2,1H3. The second-order valence-electron chi connectivity index (χ2n) is 4.26. The zero-order valence-corrected chi connectivity index (χ0v) is 10.2. The van der Waals surface area contributed by atoms with E-state index in [1.807, 2.05) is 37.3 Å². The van der Waals surface area contributed by atoms with Crippen LogP contribution in [0.15, 0.2) is 54.6 Å². The van der Waals surface area contributed by atoms with Gasteiger partial charge in [-0.3, -0.25) is 0 Å². The summed E-state index contributed by atoms with van der Waals surface area (Å²) in [7, 11) is 0. The third-order valence-corrected chi connectivity index (χ3v) is 2.68. The van der Waals surface area contributed by atoms with E-state index < -0.39 is 0 Å². The van der Waals surface area contributed by atoms with Crippen LogP contribution >= 0.6 is 0 Å². The molecule has 3 heteroatoms. The molecule has 0 aliphatic carbocycles. The predicted molar refractivity (Wildman–Crippen MR) is 69.9 cm³/mol. The van der Waals surface area contributed by atoms with Gasteiger partial charge in [0.1, 0.15) is 17.7 Å². The van der Waals surface area contributed by atoms with E-state index in [-0.39, 0.29) is 18.0 Å². The summed E-state index contributed by atoms with van der Waals surface area (Å²) in [5.41, 5.74) is 6.81. The Balaban J connectivity index is 2.21. The van der Waals surface area contributed by atoms with Crippen molar-refractivity contribution in [3.8, 4) is 5.75 Å². The first-order valence-electron chi connectivity index (χ1n) is 5.89. The summed E-state index contributed by atoms with van der Waals surface area (Å²) in [5, 5.41) is 0. The quantitative estimate of drug-likeness (QED) is 0.897. The van der Waals surface area contributed by atoms with Crippen molar-refractivity contribution in [1.82, 2.24) is 0 Å². The molecule has 0 amide bonds. The Kier molecular flexibility index (Phi) is 3.95. The largest absolute Gasteiger partial charge is 0.484 e. The first-order valence-corrected chi connectivity index (χ1v) is 5.89. The van der Waals surface area contributed by atoms with Crippen molar-refractivity contribution < 1.29 is 9.13 Å². The summed E-state index contributed by atoms with van der Waals surface area (Å²) in [6.07, 6.45) is -0.284. The summed E-state index contributed by atoms with van der Waals surface area (Å²) in [6, 6.07) is 15.5. The molecule has 18 heavy (non-hydrogen) atoms. The fourth-order valence-corrected chi connectivity index (χ4v) is 1.78. The van der Waals surface area contributed by atoms with E-state index in [9.17, 15) is 4.39 Å². The lowest BCUT2D eigenvalue weighted by Crippen LogP contribution is -2.29. The number of hydrogen-bond acceptors (Lipinski definition) is 2. The van der Waals surface area contributed by atoms with Gasteiger partial charge in [-0.25, -0.2) is 4.39 Å². The van der Waals surface area contributed by atoms with Crippen molar-refractivity contribution in [1.29, 1.82) is 0 Å². The number of halogens is 1. The smallest absolute Gasteiger partial charge is 0.138 e.